The maximum absolute atomic E-state index is 12.7. The quantitative estimate of drug-likeness (QED) is 0.826. The van der Waals surface area contributed by atoms with Crippen molar-refractivity contribution in [3.05, 3.63) is 0 Å². The predicted molar refractivity (Wildman–Crippen MR) is 74.5 cm³/mol. The molecule has 19 heavy (non-hydrogen) atoms. The Morgan fingerprint density at radius 2 is 1.89 bits per heavy atom. The molecule has 2 aliphatic rings. The third kappa shape index (κ3) is 2.63. The molecule has 1 saturated carbocycles. The van der Waals surface area contributed by atoms with Crippen LogP contribution in [0.25, 0.3) is 0 Å². The Morgan fingerprint density at radius 1 is 1.26 bits per heavy atom. The molecule has 0 aromatic rings. The van der Waals surface area contributed by atoms with E-state index in [1.165, 1.54) is 12.8 Å². The standard InChI is InChI=1S/C15H26N2O2/c1-5-9(3)13-15(19)17(10(4)11-7-8-11)12(6-2)14(18)16-13/h9-13H,5-8H2,1-4H3,(H,16,18). The van der Waals surface area contributed by atoms with Gasteiger partial charge in [0.2, 0.25) is 11.8 Å². The van der Waals surface area contributed by atoms with Crippen molar-refractivity contribution in [2.24, 2.45) is 11.8 Å². The summed E-state index contributed by atoms with van der Waals surface area (Å²) >= 11 is 0. The fourth-order valence-corrected chi connectivity index (χ4v) is 3.05. The number of hydrogen-bond acceptors (Lipinski definition) is 2. The smallest absolute Gasteiger partial charge is 0.246 e. The zero-order valence-electron chi connectivity index (χ0n) is 12.5. The Kier molecular flexibility index (Phi) is 4.16. The van der Waals surface area contributed by atoms with Gasteiger partial charge in [0.15, 0.2) is 0 Å². The van der Waals surface area contributed by atoms with Gasteiger partial charge in [-0.2, -0.15) is 0 Å². The van der Waals surface area contributed by atoms with E-state index in [-0.39, 0.29) is 35.9 Å². The largest absolute Gasteiger partial charge is 0.342 e. The zero-order chi connectivity index (χ0) is 14.2. The normalized spacial score (nSPS) is 31.1. The first-order valence-corrected chi connectivity index (χ1v) is 7.63. The van der Waals surface area contributed by atoms with Gasteiger partial charge >= 0.3 is 0 Å². The molecule has 0 aromatic carbocycles. The van der Waals surface area contributed by atoms with E-state index < -0.39 is 0 Å². The summed E-state index contributed by atoms with van der Waals surface area (Å²) in [6.45, 7) is 8.18. The molecule has 4 unspecified atom stereocenters. The lowest BCUT2D eigenvalue weighted by atomic mass is 9.92. The van der Waals surface area contributed by atoms with Crippen molar-refractivity contribution in [3.8, 4) is 0 Å². The summed E-state index contributed by atoms with van der Waals surface area (Å²) in [4.78, 5) is 26.9. The summed E-state index contributed by atoms with van der Waals surface area (Å²) in [5, 5.41) is 2.93. The Balaban J connectivity index is 2.23. The van der Waals surface area contributed by atoms with Gasteiger partial charge in [0, 0.05) is 6.04 Å². The van der Waals surface area contributed by atoms with Crippen molar-refractivity contribution in [2.45, 2.75) is 71.5 Å². The predicted octanol–water partition coefficient (Wildman–Crippen LogP) is 1.94. The van der Waals surface area contributed by atoms with Gasteiger partial charge in [-0.25, -0.2) is 0 Å². The average Bonchev–Trinajstić information content (AvgIpc) is 3.23. The average molecular weight is 266 g/mol. The number of nitrogens with zero attached hydrogens (tertiary/aromatic N) is 1. The van der Waals surface area contributed by atoms with Crippen molar-refractivity contribution < 1.29 is 9.59 Å². The van der Waals surface area contributed by atoms with Gasteiger partial charge in [-0.3, -0.25) is 9.59 Å². The highest BCUT2D eigenvalue weighted by Crippen LogP contribution is 2.37. The topological polar surface area (TPSA) is 49.4 Å². The van der Waals surface area contributed by atoms with E-state index in [0.29, 0.717) is 12.3 Å². The molecule has 1 saturated heterocycles. The summed E-state index contributed by atoms with van der Waals surface area (Å²) < 4.78 is 0. The fourth-order valence-electron chi connectivity index (χ4n) is 3.05. The van der Waals surface area contributed by atoms with Crippen LogP contribution >= 0.6 is 0 Å². The first kappa shape index (κ1) is 14.4. The van der Waals surface area contributed by atoms with Crippen LogP contribution in [-0.2, 0) is 9.59 Å². The molecule has 1 aliphatic carbocycles. The molecule has 0 spiro atoms. The van der Waals surface area contributed by atoms with Gasteiger partial charge in [-0.05, 0) is 38.0 Å². The Labute approximate surface area is 115 Å². The first-order chi connectivity index (χ1) is 9.01. The van der Waals surface area contributed by atoms with Crippen LogP contribution in [0.3, 0.4) is 0 Å². The SMILES string of the molecule is CCC(C)C1NC(=O)C(CC)N(C(C)C2CC2)C1=O. The van der Waals surface area contributed by atoms with Crippen molar-refractivity contribution in [3.63, 3.8) is 0 Å². The molecule has 4 nitrogen and oxygen atoms in total. The molecule has 2 amide bonds. The lowest BCUT2D eigenvalue weighted by molar-refractivity contribution is -0.154. The second kappa shape index (κ2) is 5.51. The number of amides is 2. The van der Waals surface area contributed by atoms with Gasteiger partial charge < -0.3 is 10.2 Å². The molecule has 2 fully saturated rings. The molecule has 1 N–H and O–H groups in total. The van der Waals surface area contributed by atoms with E-state index in [0.717, 1.165) is 6.42 Å². The summed E-state index contributed by atoms with van der Waals surface area (Å²) in [7, 11) is 0. The van der Waals surface area contributed by atoms with Crippen molar-refractivity contribution >= 4 is 11.8 Å². The summed E-state index contributed by atoms with van der Waals surface area (Å²) in [5.41, 5.74) is 0. The zero-order valence-corrected chi connectivity index (χ0v) is 12.5. The van der Waals surface area contributed by atoms with Crippen LogP contribution in [0.5, 0.6) is 0 Å². The number of nitrogens with one attached hydrogen (secondary N) is 1. The number of carbonyl (C=O) groups is 2. The van der Waals surface area contributed by atoms with Crippen molar-refractivity contribution in [2.75, 3.05) is 0 Å². The number of rotatable bonds is 5. The molecule has 1 aliphatic heterocycles. The van der Waals surface area contributed by atoms with E-state index in [1.807, 2.05) is 18.7 Å². The van der Waals surface area contributed by atoms with Crippen LogP contribution in [0.15, 0.2) is 0 Å². The molecular weight excluding hydrogens is 240 g/mol. The number of hydrogen-bond donors (Lipinski definition) is 1. The highest BCUT2D eigenvalue weighted by molar-refractivity contribution is 5.97. The van der Waals surface area contributed by atoms with Crippen LogP contribution in [-0.4, -0.2) is 34.8 Å². The minimum Gasteiger partial charge on any atom is -0.342 e. The Morgan fingerprint density at radius 3 is 2.37 bits per heavy atom. The minimum absolute atomic E-state index is 0.0277. The van der Waals surface area contributed by atoms with Gasteiger partial charge in [0.25, 0.3) is 0 Å². The number of piperazine rings is 1. The lowest BCUT2D eigenvalue weighted by Crippen LogP contribution is -2.66. The summed E-state index contributed by atoms with van der Waals surface area (Å²) in [6, 6.07) is -0.403. The molecule has 4 heteroatoms. The van der Waals surface area contributed by atoms with E-state index in [9.17, 15) is 9.59 Å². The Bertz CT molecular complexity index is 365. The highest BCUT2D eigenvalue weighted by Gasteiger charge is 2.46. The molecule has 4 atom stereocenters. The first-order valence-electron chi connectivity index (χ1n) is 7.63. The second-order valence-electron chi connectivity index (χ2n) is 6.12. The van der Waals surface area contributed by atoms with Gasteiger partial charge in [0.1, 0.15) is 12.1 Å². The lowest BCUT2D eigenvalue weighted by Gasteiger charge is -2.43. The monoisotopic (exact) mass is 266 g/mol. The molecule has 0 radical (unpaired) electrons. The van der Waals surface area contributed by atoms with Crippen LogP contribution in [0.2, 0.25) is 0 Å². The van der Waals surface area contributed by atoms with Crippen LogP contribution in [0.4, 0.5) is 0 Å². The third-order valence-corrected chi connectivity index (χ3v) is 4.80. The molecule has 2 rings (SSSR count). The maximum Gasteiger partial charge on any atom is 0.246 e. The van der Waals surface area contributed by atoms with Crippen LogP contribution in [0, 0.1) is 11.8 Å². The highest BCUT2D eigenvalue weighted by atomic mass is 16.2. The fraction of sp³-hybridized carbons (Fsp3) is 0.867. The molecule has 0 bridgehead atoms. The van der Waals surface area contributed by atoms with Crippen molar-refractivity contribution in [1.29, 1.82) is 0 Å². The van der Waals surface area contributed by atoms with Crippen LogP contribution in [0.1, 0.15) is 53.4 Å². The van der Waals surface area contributed by atoms with Gasteiger partial charge in [0.05, 0.1) is 0 Å². The summed E-state index contributed by atoms with van der Waals surface area (Å²) in [5.74, 6) is 0.949. The second-order valence-corrected chi connectivity index (χ2v) is 6.12. The molecule has 0 aromatic heterocycles. The van der Waals surface area contributed by atoms with E-state index in [2.05, 4.69) is 19.2 Å². The number of carbonyl (C=O) groups excluding carboxylic acids is 2. The third-order valence-electron chi connectivity index (χ3n) is 4.80. The van der Waals surface area contributed by atoms with Crippen molar-refractivity contribution in [1.82, 2.24) is 10.2 Å². The Hall–Kier alpha value is -1.06. The van der Waals surface area contributed by atoms with E-state index >= 15 is 0 Å². The van der Waals surface area contributed by atoms with E-state index in [1.54, 1.807) is 0 Å². The molecular formula is C15H26N2O2. The minimum atomic E-state index is -0.332. The molecule has 108 valence electrons. The van der Waals surface area contributed by atoms with E-state index in [4.69, 9.17) is 0 Å². The maximum atomic E-state index is 12.7. The summed E-state index contributed by atoms with van der Waals surface area (Å²) in [6.07, 6.45) is 3.98. The van der Waals surface area contributed by atoms with Gasteiger partial charge in [-0.15, -0.1) is 0 Å². The molecule has 1 heterocycles. The van der Waals surface area contributed by atoms with Crippen LogP contribution < -0.4 is 5.32 Å². The van der Waals surface area contributed by atoms with Gasteiger partial charge in [-0.1, -0.05) is 27.2 Å².